The summed E-state index contributed by atoms with van der Waals surface area (Å²) in [6.45, 7) is 3.71. The molecule has 1 saturated heterocycles. The van der Waals surface area contributed by atoms with Gasteiger partial charge in [-0.2, -0.15) is 0 Å². The van der Waals surface area contributed by atoms with Crippen LogP contribution in [-0.4, -0.2) is 35.6 Å². The topological polar surface area (TPSA) is 85.6 Å². The Hall–Kier alpha value is -2.22. The molecule has 1 aliphatic heterocycles. The number of nitro benzene ring substituents is 1. The maximum Gasteiger partial charge on any atom is 0.309 e. The minimum atomic E-state index is -0.399. The number of ether oxygens (including phenoxy) is 1. The van der Waals surface area contributed by atoms with E-state index in [0.29, 0.717) is 6.61 Å². The number of aromatic nitrogens is 1. The van der Waals surface area contributed by atoms with Crippen LogP contribution < -0.4 is 4.90 Å². The van der Waals surface area contributed by atoms with Crippen molar-refractivity contribution in [1.29, 1.82) is 0 Å². The average Bonchev–Trinajstić information content (AvgIpc) is 2.98. The Morgan fingerprint density at radius 3 is 2.87 bits per heavy atom. The summed E-state index contributed by atoms with van der Waals surface area (Å²) in [4.78, 5) is 28.9. The quantitative estimate of drug-likeness (QED) is 0.485. The highest BCUT2D eigenvalue weighted by Crippen LogP contribution is 2.33. The number of anilines is 1. The lowest BCUT2D eigenvalue weighted by molar-refractivity contribution is -0.384. The molecule has 1 aromatic carbocycles. The monoisotopic (exact) mass is 335 g/mol. The predicted octanol–water partition coefficient (Wildman–Crippen LogP) is 2.98. The van der Waals surface area contributed by atoms with Crippen LogP contribution in [-0.2, 0) is 9.53 Å². The van der Waals surface area contributed by atoms with E-state index in [2.05, 4.69) is 9.88 Å². The first-order valence-corrected chi connectivity index (χ1v) is 8.36. The molecule has 3 rings (SSSR count). The minimum absolute atomic E-state index is 0.0401. The number of thiazole rings is 1. The van der Waals surface area contributed by atoms with Crippen LogP contribution in [0.4, 0.5) is 10.8 Å². The lowest BCUT2D eigenvalue weighted by atomic mass is 9.97. The number of benzene rings is 1. The van der Waals surface area contributed by atoms with E-state index in [4.69, 9.17) is 4.74 Å². The molecule has 2 aromatic rings. The third-order valence-corrected chi connectivity index (χ3v) is 5.04. The van der Waals surface area contributed by atoms with Crippen LogP contribution in [0.15, 0.2) is 18.2 Å². The van der Waals surface area contributed by atoms with Crippen molar-refractivity contribution in [3.05, 3.63) is 28.3 Å². The number of nitrogens with zero attached hydrogens (tertiary/aromatic N) is 3. The second-order valence-corrected chi connectivity index (χ2v) is 6.43. The van der Waals surface area contributed by atoms with Crippen LogP contribution in [0.2, 0.25) is 0 Å². The number of nitro groups is 1. The van der Waals surface area contributed by atoms with Crippen LogP contribution in [0.3, 0.4) is 0 Å². The molecule has 0 radical (unpaired) electrons. The summed E-state index contributed by atoms with van der Waals surface area (Å²) in [6.07, 6.45) is 1.49. The highest BCUT2D eigenvalue weighted by Gasteiger charge is 2.27. The van der Waals surface area contributed by atoms with E-state index in [0.717, 1.165) is 41.3 Å². The predicted molar refractivity (Wildman–Crippen MR) is 87.8 cm³/mol. The van der Waals surface area contributed by atoms with E-state index in [1.54, 1.807) is 12.1 Å². The molecular weight excluding hydrogens is 318 g/mol. The van der Waals surface area contributed by atoms with Crippen molar-refractivity contribution in [3.63, 3.8) is 0 Å². The van der Waals surface area contributed by atoms with Gasteiger partial charge >= 0.3 is 5.97 Å². The van der Waals surface area contributed by atoms with E-state index in [1.165, 1.54) is 17.4 Å². The lowest BCUT2D eigenvalue weighted by Gasteiger charge is -2.30. The summed E-state index contributed by atoms with van der Waals surface area (Å²) >= 11 is 1.45. The molecule has 0 spiro atoms. The van der Waals surface area contributed by atoms with Gasteiger partial charge in [0.25, 0.3) is 5.69 Å². The Morgan fingerprint density at radius 1 is 1.48 bits per heavy atom. The number of hydrogen-bond acceptors (Lipinski definition) is 7. The van der Waals surface area contributed by atoms with Crippen molar-refractivity contribution in [2.75, 3.05) is 24.6 Å². The Bertz CT molecular complexity index is 737. The Labute approximate surface area is 137 Å². The van der Waals surface area contributed by atoms with Gasteiger partial charge in [-0.3, -0.25) is 14.9 Å². The molecular formula is C15H17N3O4S. The molecule has 7 nitrogen and oxygen atoms in total. The van der Waals surface area contributed by atoms with Gasteiger partial charge < -0.3 is 9.64 Å². The maximum absolute atomic E-state index is 11.8. The molecule has 0 saturated carbocycles. The van der Waals surface area contributed by atoms with E-state index in [9.17, 15) is 14.9 Å². The second kappa shape index (κ2) is 6.49. The molecule has 0 bridgehead atoms. The minimum Gasteiger partial charge on any atom is -0.466 e. The Balaban J connectivity index is 1.72. The third-order valence-electron chi connectivity index (χ3n) is 3.96. The highest BCUT2D eigenvalue weighted by atomic mass is 32.1. The maximum atomic E-state index is 11.8. The first kappa shape index (κ1) is 15.7. The number of fused-ring (bicyclic) bond motifs is 1. The molecule has 23 heavy (non-hydrogen) atoms. The first-order valence-electron chi connectivity index (χ1n) is 7.55. The second-order valence-electron chi connectivity index (χ2n) is 5.42. The molecule has 0 N–H and O–H groups in total. The largest absolute Gasteiger partial charge is 0.466 e. The fraction of sp³-hybridized carbons (Fsp3) is 0.467. The molecule has 0 atom stereocenters. The Morgan fingerprint density at radius 2 is 2.22 bits per heavy atom. The van der Waals surface area contributed by atoms with Crippen LogP contribution in [0.25, 0.3) is 10.2 Å². The van der Waals surface area contributed by atoms with E-state index in [-0.39, 0.29) is 17.6 Å². The van der Waals surface area contributed by atoms with Gasteiger partial charge in [0.15, 0.2) is 5.13 Å². The zero-order chi connectivity index (χ0) is 16.4. The summed E-state index contributed by atoms with van der Waals surface area (Å²) in [5.41, 5.74) is 0.844. The lowest BCUT2D eigenvalue weighted by Crippen LogP contribution is -2.36. The molecule has 0 unspecified atom stereocenters. The van der Waals surface area contributed by atoms with Crippen molar-refractivity contribution >= 4 is 38.3 Å². The van der Waals surface area contributed by atoms with Crippen molar-refractivity contribution in [3.8, 4) is 0 Å². The molecule has 0 amide bonds. The number of carbonyl (C=O) groups excluding carboxylic acids is 1. The van der Waals surface area contributed by atoms with Gasteiger partial charge in [-0.05, 0) is 25.8 Å². The normalized spacial score (nSPS) is 15.8. The summed E-state index contributed by atoms with van der Waals surface area (Å²) < 4.78 is 5.88. The van der Waals surface area contributed by atoms with Gasteiger partial charge in [-0.1, -0.05) is 11.3 Å². The van der Waals surface area contributed by atoms with Gasteiger partial charge in [-0.25, -0.2) is 4.98 Å². The fourth-order valence-corrected chi connectivity index (χ4v) is 3.77. The number of piperidine rings is 1. The van der Waals surface area contributed by atoms with Crippen molar-refractivity contribution in [2.45, 2.75) is 19.8 Å². The zero-order valence-corrected chi connectivity index (χ0v) is 13.5. The molecule has 122 valence electrons. The molecule has 1 fully saturated rings. The average molecular weight is 335 g/mol. The van der Waals surface area contributed by atoms with E-state index >= 15 is 0 Å². The summed E-state index contributed by atoms with van der Waals surface area (Å²) in [7, 11) is 0. The third kappa shape index (κ3) is 3.26. The van der Waals surface area contributed by atoms with Gasteiger partial charge in [0.2, 0.25) is 0 Å². The van der Waals surface area contributed by atoms with Crippen molar-refractivity contribution < 1.29 is 14.5 Å². The number of carbonyl (C=O) groups is 1. The van der Waals surface area contributed by atoms with E-state index < -0.39 is 4.92 Å². The van der Waals surface area contributed by atoms with Gasteiger partial charge in [-0.15, -0.1) is 0 Å². The smallest absolute Gasteiger partial charge is 0.309 e. The van der Waals surface area contributed by atoms with Crippen molar-refractivity contribution in [1.82, 2.24) is 4.98 Å². The number of hydrogen-bond donors (Lipinski definition) is 0. The number of esters is 1. The number of non-ortho nitro benzene ring substituents is 1. The van der Waals surface area contributed by atoms with Crippen LogP contribution in [0.5, 0.6) is 0 Å². The molecule has 8 heteroatoms. The van der Waals surface area contributed by atoms with Gasteiger partial charge in [0.1, 0.15) is 0 Å². The van der Waals surface area contributed by atoms with Crippen LogP contribution in [0.1, 0.15) is 19.8 Å². The van der Waals surface area contributed by atoms with Crippen LogP contribution in [0, 0.1) is 16.0 Å². The Kier molecular flexibility index (Phi) is 4.42. The van der Waals surface area contributed by atoms with Gasteiger partial charge in [0.05, 0.1) is 27.7 Å². The first-order chi connectivity index (χ1) is 11.1. The SMILES string of the molecule is CCOC(=O)C1CCN(c2nc3ccc([N+](=O)[O-])cc3s2)CC1. The highest BCUT2D eigenvalue weighted by molar-refractivity contribution is 7.22. The zero-order valence-electron chi connectivity index (χ0n) is 12.7. The van der Waals surface area contributed by atoms with Crippen molar-refractivity contribution in [2.24, 2.45) is 5.92 Å². The fourth-order valence-electron chi connectivity index (χ4n) is 2.72. The van der Waals surface area contributed by atoms with Crippen LogP contribution >= 0.6 is 11.3 Å². The summed E-state index contributed by atoms with van der Waals surface area (Å²) in [5.74, 6) is -0.159. The molecule has 2 heterocycles. The molecule has 1 aromatic heterocycles. The number of rotatable bonds is 4. The van der Waals surface area contributed by atoms with E-state index in [1.807, 2.05) is 6.92 Å². The molecule has 1 aliphatic rings. The van der Waals surface area contributed by atoms with Gasteiger partial charge in [0, 0.05) is 25.2 Å². The molecule has 0 aliphatic carbocycles. The standard InChI is InChI=1S/C15H17N3O4S/c1-2-22-14(19)10-5-7-17(8-6-10)15-16-12-4-3-11(18(20)21)9-13(12)23-15/h3-4,9-10H,2,5-8H2,1H3. The summed E-state index contributed by atoms with van der Waals surface area (Å²) in [5, 5.41) is 11.7. The summed E-state index contributed by atoms with van der Waals surface area (Å²) in [6, 6.07) is 4.71.